The normalized spacial score (nSPS) is 19.2. The molecule has 0 bridgehead atoms. The maximum Gasteiger partial charge on any atom is 0.341 e. The highest BCUT2D eigenvalue weighted by Gasteiger charge is 2.34. The maximum atomic E-state index is 13.5. The summed E-state index contributed by atoms with van der Waals surface area (Å²) in [5, 5.41) is 17.5. The van der Waals surface area contributed by atoms with Crippen molar-refractivity contribution in [3.8, 4) is 5.69 Å². The number of hydrogen-bond acceptors (Lipinski definition) is 5. The second-order valence-electron chi connectivity index (χ2n) is 9.56. The van der Waals surface area contributed by atoms with E-state index >= 15 is 0 Å². The molecular formula is C26H32N4O3S. The molecule has 180 valence electrons. The van der Waals surface area contributed by atoms with Crippen LogP contribution in [0.4, 0.5) is 5.82 Å². The molecule has 1 aliphatic carbocycles. The van der Waals surface area contributed by atoms with Gasteiger partial charge in [-0.05, 0) is 63.1 Å². The zero-order valence-corrected chi connectivity index (χ0v) is 21.0. The molecule has 1 unspecified atom stereocenters. The molecule has 1 saturated carbocycles. The Morgan fingerprint density at radius 2 is 1.79 bits per heavy atom. The van der Waals surface area contributed by atoms with E-state index < -0.39 is 5.97 Å². The van der Waals surface area contributed by atoms with E-state index in [1.54, 1.807) is 27.1 Å². The van der Waals surface area contributed by atoms with Crippen molar-refractivity contribution >= 4 is 29.0 Å². The molecule has 2 heterocycles. The average Bonchev–Trinajstić information content (AvgIpc) is 3.50. The van der Waals surface area contributed by atoms with Gasteiger partial charge < -0.3 is 5.11 Å². The van der Waals surface area contributed by atoms with Gasteiger partial charge in [0.15, 0.2) is 5.82 Å². The molecule has 7 nitrogen and oxygen atoms in total. The predicted octanol–water partition coefficient (Wildman–Crippen LogP) is 5.75. The molecule has 0 aliphatic heterocycles. The number of rotatable bonds is 7. The van der Waals surface area contributed by atoms with E-state index in [0.29, 0.717) is 5.92 Å². The average molecular weight is 481 g/mol. The number of nitrogens with zero attached hydrogens (tertiary/aromatic N) is 4. The molecule has 4 rings (SSSR count). The van der Waals surface area contributed by atoms with Crippen LogP contribution in [-0.4, -0.2) is 37.8 Å². The van der Waals surface area contributed by atoms with Gasteiger partial charge in [0.2, 0.25) is 5.91 Å². The first kappa shape index (κ1) is 24.1. The van der Waals surface area contributed by atoms with Gasteiger partial charge in [-0.15, -0.1) is 16.4 Å². The Kier molecular flexibility index (Phi) is 7.16. The molecule has 1 amide bonds. The molecule has 1 aromatic carbocycles. The summed E-state index contributed by atoms with van der Waals surface area (Å²) in [4.78, 5) is 31.6. The van der Waals surface area contributed by atoms with Crippen LogP contribution in [0.25, 0.3) is 5.69 Å². The molecular weight excluding hydrogens is 448 g/mol. The molecule has 1 N–H and O–H groups in total. The first-order chi connectivity index (χ1) is 16.3. The highest BCUT2D eigenvalue weighted by molar-refractivity contribution is 7.09. The third-order valence-corrected chi connectivity index (χ3v) is 7.71. The molecule has 34 heavy (non-hydrogen) atoms. The molecule has 8 heteroatoms. The smallest absolute Gasteiger partial charge is 0.341 e. The van der Waals surface area contributed by atoms with Gasteiger partial charge in [0, 0.05) is 35.7 Å². The lowest BCUT2D eigenvalue weighted by atomic mass is 9.82. The lowest BCUT2D eigenvalue weighted by molar-refractivity contribution is -0.123. The minimum atomic E-state index is -1.09. The number of amides is 1. The molecule has 3 aromatic rings. The summed E-state index contributed by atoms with van der Waals surface area (Å²) in [6.45, 7) is 8.14. The zero-order chi connectivity index (χ0) is 24.4. The monoisotopic (exact) mass is 480 g/mol. The number of thiazole rings is 1. The van der Waals surface area contributed by atoms with Crippen LogP contribution >= 0.6 is 11.3 Å². The van der Waals surface area contributed by atoms with E-state index in [1.165, 1.54) is 6.20 Å². The Balaban J connectivity index is 1.64. The van der Waals surface area contributed by atoms with Crippen molar-refractivity contribution in [3.05, 3.63) is 58.2 Å². The standard InChI is InChI=1S/C26H32N4O3S/c1-16(2)30(25(31)20-7-5-17(3)6-8-20)23-22(26(32)33)15-29(28-23)21-11-9-19(10-12-21)18(4)24-27-13-14-34-24/h9-18,20H,5-8H2,1-4H3,(H,32,33)/t17-,18?,20-. The number of carboxylic acid groups (broad SMARTS) is 1. The van der Waals surface area contributed by atoms with Gasteiger partial charge in [0.1, 0.15) is 5.56 Å². The highest BCUT2D eigenvalue weighted by Crippen LogP contribution is 2.33. The number of anilines is 1. The van der Waals surface area contributed by atoms with Crippen molar-refractivity contribution in [2.75, 3.05) is 4.90 Å². The summed E-state index contributed by atoms with van der Waals surface area (Å²) in [6, 6.07) is 7.67. The number of aromatic carboxylic acids is 1. The Labute approximate surface area is 204 Å². The third kappa shape index (κ3) is 4.92. The van der Waals surface area contributed by atoms with E-state index in [1.807, 2.05) is 43.5 Å². The van der Waals surface area contributed by atoms with E-state index in [9.17, 15) is 14.7 Å². The van der Waals surface area contributed by atoms with Crippen molar-refractivity contribution in [2.45, 2.75) is 65.3 Å². The maximum absolute atomic E-state index is 13.5. The van der Waals surface area contributed by atoms with E-state index in [-0.39, 0.29) is 35.2 Å². The summed E-state index contributed by atoms with van der Waals surface area (Å²) in [6.07, 6.45) is 7.03. The Hall–Kier alpha value is -3.00. The number of aromatic nitrogens is 3. The Morgan fingerprint density at radius 1 is 1.12 bits per heavy atom. The van der Waals surface area contributed by atoms with Crippen LogP contribution in [-0.2, 0) is 4.79 Å². The van der Waals surface area contributed by atoms with Crippen LogP contribution in [0, 0.1) is 11.8 Å². The molecule has 0 spiro atoms. The van der Waals surface area contributed by atoms with Crippen LogP contribution in [0.1, 0.15) is 80.2 Å². The largest absolute Gasteiger partial charge is 0.477 e. The molecule has 2 aromatic heterocycles. The zero-order valence-electron chi connectivity index (χ0n) is 20.1. The number of carbonyl (C=O) groups is 2. The van der Waals surface area contributed by atoms with Crippen molar-refractivity contribution in [1.82, 2.24) is 14.8 Å². The van der Waals surface area contributed by atoms with Gasteiger partial charge in [-0.25, -0.2) is 14.5 Å². The third-order valence-electron chi connectivity index (χ3n) is 6.75. The van der Waals surface area contributed by atoms with E-state index in [2.05, 4.69) is 23.9 Å². The van der Waals surface area contributed by atoms with Gasteiger partial charge >= 0.3 is 5.97 Å². The molecule has 1 fully saturated rings. The second-order valence-corrected chi connectivity index (χ2v) is 10.5. The van der Waals surface area contributed by atoms with Crippen molar-refractivity contribution in [3.63, 3.8) is 0 Å². The van der Waals surface area contributed by atoms with Crippen molar-refractivity contribution in [2.24, 2.45) is 11.8 Å². The van der Waals surface area contributed by atoms with Gasteiger partial charge in [0.25, 0.3) is 0 Å². The number of benzene rings is 1. The lowest BCUT2D eigenvalue weighted by Gasteiger charge is -2.32. The van der Waals surface area contributed by atoms with Crippen LogP contribution in [0.15, 0.2) is 42.0 Å². The summed E-state index contributed by atoms with van der Waals surface area (Å²) < 4.78 is 1.56. The lowest BCUT2D eigenvalue weighted by Crippen LogP contribution is -2.43. The van der Waals surface area contributed by atoms with E-state index in [0.717, 1.165) is 41.9 Å². The fourth-order valence-electron chi connectivity index (χ4n) is 4.64. The van der Waals surface area contributed by atoms with Crippen LogP contribution in [0.3, 0.4) is 0 Å². The summed E-state index contributed by atoms with van der Waals surface area (Å²) in [7, 11) is 0. The van der Waals surface area contributed by atoms with Crippen molar-refractivity contribution < 1.29 is 14.7 Å². The molecule has 1 aliphatic rings. The first-order valence-electron chi connectivity index (χ1n) is 11.9. The fraction of sp³-hybridized carbons (Fsp3) is 0.462. The van der Waals surface area contributed by atoms with Gasteiger partial charge in [0.05, 0.1) is 10.7 Å². The summed E-state index contributed by atoms with van der Waals surface area (Å²) >= 11 is 1.62. The van der Waals surface area contributed by atoms with Crippen LogP contribution in [0.5, 0.6) is 0 Å². The minimum Gasteiger partial charge on any atom is -0.477 e. The number of carbonyl (C=O) groups excluding carboxylic acids is 1. The second kappa shape index (κ2) is 10.1. The predicted molar refractivity (Wildman–Crippen MR) is 134 cm³/mol. The number of hydrogen-bond donors (Lipinski definition) is 1. The fourth-order valence-corrected chi connectivity index (χ4v) is 5.36. The van der Waals surface area contributed by atoms with E-state index in [4.69, 9.17) is 0 Å². The highest BCUT2D eigenvalue weighted by atomic mass is 32.1. The quantitative estimate of drug-likeness (QED) is 0.465. The summed E-state index contributed by atoms with van der Waals surface area (Å²) in [5.41, 5.74) is 1.90. The van der Waals surface area contributed by atoms with Crippen LogP contribution in [0.2, 0.25) is 0 Å². The first-order valence-corrected chi connectivity index (χ1v) is 12.8. The molecule has 1 atom stereocenters. The van der Waals surface area contributed by atoms with Gasteiger partial charge in [-0.3, -0.25) is 9.69 Å². The molecule has 0 radical (unpaired) electrons. The van der Waals surface area contributed by atoms with Crippen LogP contribution < -0.4 is 4.90 Å². The molecule has 0 saturated heterocycles. The van der Waals surface area contributed by atoms with Gasteiger partial charge in [-0.2, -0.15) is 0 Å². The Morgan fingerprint density at radius 3 is 2.35 bits per heavy atom. The minimum absolute atomic E-state index is 0.0257. The summed E-state index contributed by atoms with van der Waals surface area (Å²) in [5.74, 6) is -0.188. The topological polar surface area (TPSA) is 88.3 Å². The number of carboxylic acids is 1. The van der Waals surface area contributed by atoms with Crippen molar-refractivity contribution in [1.29, 1.82) is 0 Å². The Bertz CT molecular complexity index is 1130. The SMILES string of the molecule is CC(c1ccc(-n2cc(C(=O)O)c(N(C(=O)[C@H]3CC[C@H](C)CC3)C(C)C)n2)cc1)c1nccs1. The van der Waals surface area contributed by atoms with Gasteiger partial charge in [-0.1, -0.05) is 26.0 Å².